The second-order valence-electron chi connectivity index (χ2n) is 5.85. The van der Waals surface area contributed by atoms with E-state index in [0.29, 0.717) is 18.5 Å². The van der Waals surface area contributed by atoms with Crippen LogP contribution in [0.5, 0.6) is 0 Å². The highest BCUT2D eigenvalue weighted by atomic mass is 19.1. The number of aromatic nitrogens is 1. The van der Waals surface area contributed by atoms with Crippen LogP contribution in [0.2, 0.25) is 0 Å². The summed E-state index contributed by atoms with van der Waals surface area (Å²) in [5, 5.41) is 5.69. The first-order chi connectivity index (χ1) is 11.6. The standard InChI is InChI=1S/C18H28FN3O2/c1-2-3-4-7-12-20-17(23)9-6-5-8-13-21-18(24)15-10-11-16(19)22-14-15/h10-11,14H,2-9,12-13H2,1H3,(H,20,23)(H,21,24). The molecule has 0 unspecified atom stereocenters. The van der Waals surface area contributed by atoms with Gasteiger partial charge in [0.1, 0.15) is 0 Å². The van der Waals surface area contributed by atoms with Crippen molar-refractivity contribution in [3.8, 4) is 0 Å². The number of amides is 2. The molecule has 0 bridgehead atoms. The fourth-order valence-electron chi connectivity index (χ4n) is 2.27. The minimum atomic E-state index is -0.602. The van der Waals surface area contributed by atoms with Crippen LogP contribution >= 0.6 is 0 Å². The van der Waals surface area contributed by atoms with E-state index in [1.807, 2.05) is 0 Å². The first kappa shape index (κ1) is 20.1. The number of hydrogen-bond donors (Lipinski definition) is 2. The van der Waals surface area contributed by atoms with Crippen molar-refractivity contribution in [3.05, 3.63) is 29.8 Å². The lowest BCUT2D eigenvalue weighted by molar-refractivity contribution is -0.121. The van der Waals surface area contributed by atoms with Crippen LogP contribution in [0.25, 0.3) is 0 Å². The third-order valence-electron chi connectivity index (χ3n) is 3.71. The van der Waals surface area contributed by atoms with E-state index in [1.165, 1.54) is 31.5 Å². The predicted molar refractivity (Wildman–Crippen MR) is 92.1 cm³/mol. The summed E-state index contributed by atoms with van der Waals surface area (Å²) in [7, 11) is 0. The molecule has 1 heterocycles. The number of unbranched alkanes of at least 4 members (excludes halogenated alkanes) is 5. The maximum atomic E-state index is 12.7. The van der Waals surface area contributed by atoms with Crippen LogP contribution in [0.4, 0.5) is 4.39 Å². The molecule has 1 aromatic heterocycles. The van der Waals surface area contributed by atoms with Gasteiger partial charge in [0, 0.05) is 25.7 Å². The molecule has 0 aliphatic carbocycles. The van der Waals surface area contributed by atoms with Crippen LogP contribution in [-0.4, -0.2) is 29.9 Å². The molecule has 1 rings (SSSR count). The van der Waals surface area contributed by atoms with Gasteiger partial charge in [-0.1, -0.05) is 32.6 Å². The van der Waals surface area contributed by atoms with E-state index < -0.39 is 5.95 Å². The third kappa shape index (κ3) is 9.22. The minimum Gasteiger partial charge on any atom is -0.356 e. The number of rotatable bonds is 12. The Morgan fingerprint density at radius 1 is 1.00 bits per heavy atom. The highest BCUT2D eigenvalue weighted by Crippen LogP contribution is 2.02. The molecule has 0 aliphatic heterocycles. The van der Waals surface area contributed by atoms with E-state index in [0.717, 1.165) is 38.3 Å². The summed E-state index contributed by atoms with van der Waals surface area (Å²) in [5.74, 6) is -0.754. The van der Waals surface area contributed by atoms with Crippen molar-refractivity contribution in [1.29, 1.82) is 0 Å². The lowest BCUT2D eigenvalue weighted by Gasteiger charge is -2.06. The van der Waals surface area contributed by atoms with Crippen molar-refractivity contribution in [2.75, 3.05) is 13.1 Å². The average molecular weight is 337 g/mol. The highest BCUT2D eigenvalue weighted by molar-refractivity contribution is 5.93. The van der Waals surface area contributed by atoms with Gasteiger partial charge in [-0.3, -0.25) is 9.59 Å². The second-order valence-corrected chi connectivity index (χ2v) is 5.85. The van der Waals surface area contributed by atoms with Gasteiger partial charge in [-0.05, 0) is 31.4 Å². The van der Waals surface area contributed by atoms with E-state index in [2.05, 4.69) is 22.5 Å². The van der Waals surface area contributed by atoms with Gasteiger partial charge in [0.25, 0.3) is 5.91 Å². The molecule has 0 saturated carbocycles. The molecule has 134 valence electrons. The summed E-state index contributed by atoms with van der Waals surface area (Å²) in [6, 6.07) is 2.57. The van der Waals surface area contributed by atoms with Gasteiger partial charge >= 0.3 is 0 Å². The lowest BCUT2D eigenvalue weighted by atomic mass is 10.1. The largest absolute Gasteiger partial charge is 0.356 e. The minimum absolute atomic E-state index is 0.105. The molecule has 2 N–H and O–H groups in total. The Morgan fingerprint density at radius 2 is 1.71 bits per heavy atom. The van der Waals surface area contributed by atoms with Crippen LogP contribution in [0, 0.1) is 5.95 Å². The van der Waals surface area contributed by atoms with Crippen molar-refractivity contribution in [3.63, 3.8) is 0 Å². The molecule has 0 aliphatic rings. The zero-order valence-corrected chi connectivity index (χ0v) is 14.4. The van der Waals surface area contributed by atoms with E-state index in [9.17, 15) is 14.0 Å². The Labute approximate surface area is 143 Å². The summed E-state index contributed by atoms with van der Waals surface area (Å²) in [6.07, 6.45) is 8.88. The Morgan fingerprint density at radius 3 is 2.38 bits per heavy atom. The Bertz CT molecular complexity index is 492. The second kappa shape index (κ2) is 12.4. The molecule has 0 spiro atoms. The summed E-state index contributed by atoms with van der Waals surface area (Å²) in [4.78, 5) is 26.8. The van der Waals surface area contributed by atoms with E-state index in [1.54, 1.807) is 0 Å². The SMILES string of the molecule is CCCCCCNC(=O)CCCCCNC(=O)c1ccc(F)nc1. The van der Waals surface area contributed by atoms with Crippen LogP contribution in [0.15, 0.2) is 18.3 Å². The fourth-order valence-corrected chi connectivity index (χ4v) is 2.27. The summed E-state index contributed by atoms with van der Waals surface area (Å²) in [5.41, 5.74) is 0.346. The maximum Gasteiger partial charge on any atom is 0.252 e. The monoisotopic (exact) mass is 337 g/mol. The molecule has 5 nitrogen and oxygen atoms in total. The van der Waals surface area contributed by atoms with Crippen LogP contribution in [0.3, 0.4) is 0 Å². The van der Waals surface area contributed by atoms with Crippen LogP contribution in [0.1, 0.15) is 68.6 Å². The molecule has 1 aromatic rings. The molecule has 0 radical (unpaired) electrons. The third-order valence-corrected chi connectivity index (χ3v) is 3.71. The van der Waals surface area contributed by atoms with E-state index >= 15 is 0 Å². The van der Waals surface area contributed by atoms with Crippen LogP contribution < -0.4 is 10.6 Å². The lowest BCUT2D eigenvalue weighted by Crippen LogP contribution is -2.25. The van der Waals surface area contributed by atoms with Gasteiger partial charge in [-0.25, -0.2) is 4.98 Å². The fraction of sp³-hybridized carbons (Fsp3) is 0.611. The predicted octanol–water partition coefficient (Wildman–Crippen LogP) is 3.21. The number of carbonyl (C=O) groups is 2. The molecule has 24 heavy (non-hydrogen) atoms. The van der Waals surface area contributed by atoms with Crippen molar-refractivity contribution < 1.29 is 14.0 Å². The van der Waals surface area contributed by atoms with Gasteiger partial charge in [-0.15, -0.1) is 0 Å². The highest BCUT2D eigenvalue weighted by Gasteiger charge is 2.05. The van der Waals surface area contributed by atoms with Crippen molar-refractivity contribution in [2.24, 2.45) is 0 Å². The van der Waals surface area contributed by atoms with E-state index in [4.69, 9.17) is 0 Å². The summed E-state index contributed by atoms with van der Waals surface area (Å²) in [6.45, 7) is 3.47. The number of hydrogen-bond acceptors (Lipinski definition) is 3. The average Bonchev–Trinajstić information content (AvgIpc) is 2.58. The molecule has 0 saturated heterocycles. The summed E-state index contributed by atoms with van der Waals surface area (Å²) < 4.78 is 12.7. The van der Waals surface area contributed by atoms with Gasteiger partial charge in [0.05, 0.1) is 5.56 Å². The molecule has 0 atom stereocenters. The first-order valence-corrected chi connectivity index (χ1v) is 8.80. The van der Waals surface area contributed by atoms with Crippen LogP contribution in [-0.2, 0) is 4.79 Å². The van der Waals surface area contributed by atoms with Gasteiger partial charge in [-0.2, -0.15) is 4.39 Å². The van der Waals surface area contributed by atoms with Crippen molar-refractivity contribution in [1.82, 2.24) is 15.6 Å². The molecular formula is C18H28FN3O2. The number of pyridine rings is 1. The molecule has 6 heteroatoms. The maximum absolute atomic E-state index is 12.7. The number of halogens is 1. The van der Waals surface area contributed by atoms with Crippen molar-refractivity contribution in [2.45, 2.75) is 58.3 Å². The molecule has 0 fully saturated rings. The molecule has 2 amide bonds. The Kier molecular flexibility index (Phi) is 10.4. The van der Waals surface area contributed by atoms with Gasteiger partial charge < -0.3 is 10.6 Å². The Hall–Kier alpha value is -1.98. The van der Waals surface area contributed by atoms with Crippen molar-refractivity contribution >= 4 is 11.8 Å². The zero-order chi connectivity index (χ0) is 17.6. The number of carbonyl (C=O) groups excluding carboxylic acids is 2. The topological polar surface area (TPSA) is 71.1 Å². The number of nitrogens with one attached hydrogen (secondary N) is 2. The molecule has 0 aromatic carbocycles. The Balaban J connectivity index is 1.99. The van der Waals surface area contributed by atoms with Gasteiger partial charge in [0.15, 0.2) is 0 Å². The normalized spacial score (nSPS) is 10.4. The zero-order valence-electron chi connectivity index (χ0n) is 14.4. The quantitative estimate of drug-likeness (QED) is 0.454. The van der Waals surface area contributed by atoms with E-state index in [-0.39, 0.29) is 11.8 Å². The molecular weight excluding hydrogens is 309 g/mol. The number of nitrogens with zero attached hydrogens (tertiary/aromatic N) is 1. The van der Waals surface area contributed by atoms with Gasteiger partial charge in [0.2, 0.25) is 11.9 Å². The summed E-state index contributed by atoms with van der Waals surface area (Å²) >= 11 is 0. The smallest absolute Gasteiger partial charge is 0.252 e. The first-order valence-electron chi connectivity index (χ1n) is 8.80.